The molecule has 3 rings (SSSR count). The van der Waals surface area contributed by atoms with Gasteiger partial charge in [0.2, 0.25) is 0 Å². The molecule has 17 heavy (non-hydrogen) atoms. The number of thiazole rings is 1. The second-order valence-corrected chi connectivity index (χ2v) is 5.16. The van der Waals surface area contributed by atoms with Crippen molar-refractivity contribution in [3.8, 4) is 11.1 Å². The standard InChI is InChI=1S/C14H10FNS/c1-9-16-13-8-11(4-7-14(13)17-9)10-2-5-12(15)6-3-10/h2-8H,1H3. The Hall–Kier alpha value is -1.74. The van der Waals surface area contributed by atoms with Gasteiger partial charge in [0.05, 0.1) is 15.2 Å². The van der Waals surface area contributed by atoms with Crippen molar-refractivity contribution in [3.63, 3.8) is 0 Å². The summed E-state index contributed by atoms with van der Waals surface area (Å²) in [6.07, 6.45) is 0. The molecule has 0 aliphatic rings. The van der Waals surface area contributed by atoms with Crippen molar-refractivity contribution in [1.29, 1.82) is 0 Å². The molecule has 0 unspecified atom stereocenters. The van der Waals surface area contributed by atoms with Crippen molar-refractivity contribution in [1.82, 2.24) is 4.98 Å². The molecule has 3 heteroatoms. The van der Waals surface area contributed by atoms with Crippen molar-refractivity contribution in [2.24, 2.45) is 0 Å². The van der Waals surface area contributed by atoms with Crippen LogP contribution in [0.4, 0.5) is 4.39 Å². The number of hydrogen-bond donors (Lipinski definition) is 0. The van der Waals surface area contributed by atoms with E-state index in [0.717, 1.165) is 21.7 Å². The Kier molecular flexibility index (Phi) is 2.41. The van der Waals surface area contributed by atoms with Crippen LogP contribution in [0, 0.1) is 12.7 Å². The highest BCUT2D eigenvalue weighted by atomic mass is 32.1. The van der Waals surface area contributed by atoms with Gasteiger partial charge in [0.15, 0.2) is 0 Å². The van der Waals surface area contributed by atoms with E-state index in [2.05, 4.69) is 11.1 Å². The fourth-order valence-corrected chi connectivity index (χ4v) is 2.67. The van der Waals surface area contributed by atoms with Crippen LogP contribution in [0.5, 0.6) is 0 Å². The average molecular weight is 243 g/mol. The lowest BCUT2D eigenvalue weighted by atomic mass is 10.1. The van der Waals surface area contributed by atoms with Gasteiger partial charge in [-0.25, -0.2) is 9.37 Å². The molecule has 84 valence electrons. The van der Waals surface area contributed by atoms with Crippen LogP contribution >= 0.6 is 11.3 Å². The molecule has 0 fully saturated rings. The molecule has 0 aliphatic carbocycles. The Morgan fingerprint density at radius 1 is 1.00 bits per heavy atom. The number of nitrogens with zero attached hydrogens (tertiary/aromatic N) is 1. The van der Waals surface area contributed by atoms with E-state index in [1.165, 1.54) is 16.8 Å². The first-order chi connectivity index (χ1) is 8.22. The molecule has 0 bridgehead atoms. The number of halogens is 1. The van der Waals surface area contributed by atoms with Crippen LogP contribution in [0.3, 0.4) is 0 Å². The molecule has 0 saturated heterocycles. The Bertz CT molecular complexity index is 670. The van der Waals surface area contributed by atoms with Gasteiger partial charge in [0.25, 0.3) is 0 Å². The van der Waals surface area contributed by atoms with E-state index in [4.69, 9.17) is 0 Å². The summed E-state index contributed by atoms with van der Waals surface area (Å²) in [6, 6.07) is 12.7. The molecule has 2 aromatic carbocycles. The first-order valence-corrected chi connectivity index (χ1v) is 6.17. The minimum absolute atomic E-state index is 0.209. The van der Waals surface area contributed by atoms with E-state index in [9.17, 15) is 4.39 Å². The zero-order chi connectivity index (χ0) is 11.8. The smallest absolute Gasteiger partial charge is 0.123 e. The van der Waals surface area contributed by atoms with Crippen LogP contribution in [0.2, 0.25) is 0 Å². The number of hydrogen-bond acceptors (Lipinski definition) is 2. The minimum Gasteiger partial charge on any atom is -0.241 e. The van der Waals surface area contributed by atoms with Gasteiger partial charge in [0.1, 0.15) is 5.82 Å². The monoisotopic (exact) mass is 243 g/mol. The Morgan fingerprint density at radius 3 is 2.47 bits per heavy atom. The van der Waals surface area contributed by atoms with E-state index < -0.39 is 0 Å². The molecule has 0 atom stereocenters. The Morgan fingerprint density at radius 2 is 1.71 bits per heavy atom. The van der Waals surface area contributed by atoms with E-state index in [1.54, 1.807) is 23.5 Å². The van der Waals surface area contributed by atoms with Gasteiger partial charge >= 0.3 is 0 Å². The quantitative estimate of drug-likeness (QED) is 0.617. The zero-order valence-corrected chi connectivity index (χ0v) is 10.1. The van der Waals surface area contributed by atoms with Crippen LogP contribution in [0.15, 0.2) is 42.5 Å². The van der Waals surface area contributed by atoms with Gasteiger partial charge in [-0.3, -0.25) is 0 Å². The van der Waals surface area contributed by atoms with E-state index in [-0.39, 0.29) is 5.82 Å². The number of aromatic nitrogens is 1. The molecule has 0 amide bonds. The summed E-state index contributed by atoms with van der Waals surface area (Å²) in [7, 11) is 0. The maximum atomic E-state index is 12.8. The SMILES string of the molecule is Cc1nc2cc(-c3ccc(F)cc3)ccc2s1. The molecule has 0 N–H and O–H groups in total. The van der Waals surface area contributed by atoms with E-state index >= 15 is 0 Å². The number of benzene rings is 2. The van der Waals surface area contributed by atoms with Gasteiger partial charge in [-0.05, 0) is 42.3 Å². The second-order valence-electron chi connectivity index (χ2n) is 3.92. The number of aryl methyl sites for hydroxylation is 1. The molecular weight excluding hydrogens is 233 g/mol. The predicted octanol–water partition coefficient (Wildman–Crippen LogP) is 4.41. The van der Waals surface area contributed by atoms with Crippen LogP contribution < -0.4 is 0 Å². The highest BCUT2D eigenvalue weighted by Crippen LogP contribution is 2.27. The molecule has 1 heterocycles. The van der Waals surface area contributed by atoms with Crippen molar-refractivity contribution >= 4 is 21.6 Å². The maximum absolute atomic E-state index is 12.8. The zero-order valence-electron chi connectivity index (χ0n) is 9.27. The third kappa shape index (κ3) is 1.94. The lowest BCUT2D eigenvalue weighted by Gasteiger charge is -2.01. The molecule has 0 spiro atoms. The summed E-state index contributed by atoms with van der Waals surface area (Å²) in [5.41, 5.74) is 3.09. The van der Waals surface area contributed by atoms with Crippen LogP contribution in [-0.4, -0.2) is 4.98 Å². The molecular formula is C14H10FNS. The maximum Gasteiger partial charge on any atom is 0.123 e. The Labute approximate surface area is 103 Å². The summed E-state index contributed by atoms with van der Waals surface area (Å²) >= 11 is 1.69. The van der Waals surface area contributed by atoms with Crippen molar-refractivity contribution in [2.75, 3.05) is 0 Å². The first-order valence-electron chi connectivity index (χ1n) is 5.35. The average Bonchev–Trinajstić information content (AvgIpc) is 2.69. The fraction of sp³-hybridized carbons (Fsp3) is 0.0714. The molecule has 3 aromatic rings. The highest BCUT2D eigenvalue weighted by molar-refractivity contribution is 7.18. The summed E-state index contributed by atoms with van der Waals surface area (Å²) < 4.78 is 14.0. The Balaban J connectivity index is 2.13. The molecule has 0 saturated carbocycles. The van der Waals surface area contributed by atoms with Gasteiger partial charge in [0, 0.05) is 0 Å². The third-order valence-corrected chi connectivity index (χ3v) is 3.62. The van der Waals surface area contributed by atoms with Gasteiger partial charge in [-0.15, -0.1) is 11.3 Å². The van der Waals surface area contributed by atoms with Crippen LogP contribution in [-0.2, 0) is 0 Å². The second kappa shape index (κ2) is 3.93. The van der Waals surface area contributed by atoms with Crippen molar-refractivity contribution < 1.29 is 4.39 Å². The normalized spacial score (nSPS) is 10.9. The summed E-state index contributed by atoms with van der Waals surface area (Å²) in [5.74, 6) is -0.209. The van der Waals surface area contributed by atoms with E-state index in [1.807, 2.05) is 19.1 Å². The predicted molar refractivity (Wildman–Crippen MR) is 69.8 cm³/mol. The molecule has 1 nitrogen and oxygen atoms in total. The summed E-state index contributed by atoms with van der Waals surface area (Å²) in [4.78, 5) is 4.46. The van der Waals surface area contributed by atoms with Crippen LogP contribution in [0.1, 0.15) is 5.01 Å². The minimum atomic E-state index is -0.209. The van der Waals surface area contributed by atoms with Crippen LogP contribution in [0.25, 0.3) is 21.3 Å². The number of fused-ring (bicyclic) bond motifs is 1. The lowest BCUT2D eigenvalue weighted by Crippen LogP contribution is -1.79. The van der Waals surface area contributed by atoms with Gasteiger partial charge in [-0.1, -0.05) is 18.2 Å². The lowest BCUT2D eigenvalue weighted by molar-refractivity contribution is 0.628. The fourth-order valence-electron chi connectivity index (χ4n) is 1.86. The number of rotatable bonds is 1. The molecule has 1 aromatic heterocycles. The molecule has 0 aliphatic heterocycles. The van der Waals surface area contributed by atoms with Gasteiger partial charge in [-0.2, -0.15) is 0 Å². The third-order valence-electron chi connectivity index (χ3n) is 2.67. The van der Waals surface area contributed by atoms with Crippen molar-refractivity contribution in [2.45, 2.75) is 6.92 Å². The highest BCUT2D eigenvalue weighted by Gasteiger charge is 2.03. The first kappa shape index (κ1) is 10.4. The van der Waals surface area contributed by atoms with Crippen molar-refractivity contribution in [3.05, 3.63) is 53.3 Å². The van der Waals surface area contributed by atoms with Gasteiger partial charge < -0.3 is 0 Å². The summed E-state index contributed by atoms with van der Waals surface area (Å²) in [5, 5.41) is 1.07. The summed E-state index contributed by atoms with van der Waals surface area (Å²) in [6.45, 7) is 2.00. The topological polar surface area (TPSA) is 12.9 Å². The molecule has 0 radical (unpaired) electrons. The van der Waals surface area contributed by atoms with E-state index in [0.29, 0.717) is 0 Å². The largest absolute Gasteiger partial charge is 0.241 e.